The van der Waals surface area contributed by atoms with E-state index < -0.39 is 0 Å². The molecule has 0 bridgehead atoms. The number of hydrogen-bond acceptors (Lipinski definition) is 3. The highest BCUT2D eigenvalue weighted by Gasteiger charge is 2.05. The summed E-state index contributed by atoms with van der Waals surface area (Å²) in [4.78, 5) is 17.6. The summed E-state index contributed by atoms with van der Waals surface area (Å²) in [6.07, 6.45) is 1.60. The second-order valence-electron chi connectivity index (χ2n) is 6.18. The fourth-order valence-electron chi connectivity index (χ4n) is 2.24. The molecule has 0 heterocycles. The van der Waals surface area contributed by atoms with Gasteiger partial charge in [0.05, 0.1) is 0 Å². The van der Waals surface area contributed by atoms with Crippen LogP contribution in [-0.4, -0.2) is 63.7 Å². The van der Waals surface area contributed by atoms with Crippen molar-refractivity contribution < 1.29 is 13.9 Å². The molecule has 8 heteroatoms. The first-order chi connectivity index (χ1) is 12.4. The van der Waals surface area contributed by atoms with E-state index in [1.54, 1.807) is 20.2 Å². The van der Waals surface area contributed by atoms with Crippen LogP contribution in [-0.2, 0) is 16.0 Å². The van der Waals surface area contributed by atoms with Gasteiger partial charge < -0.3 is 20.3 Å². The molecular weight excluding hydrogens is 462 g/mol. The lowest BCUT2D eigenvalue weighted by molar-refractivity contribution is -0.127. The molecule has 0 unspecified atom stereocenters. The second-order valence-corrected chi connectivity index (χ2v) is 6.18. The number of likely N-dealkylation sites (N-methyl/N-ethyl adjacent to an activating group) is 1. The van der Waals surface area contributed by atoms with Crippen LogP contribution in [0.2, 0.25) is 0 Å². The molecule has 0 fully saturated rings. The van der Waals surface area contributed by atoms with Gasteiger partial charge in [0.25, 0.3) is 0 Å². The van der Waals surface area contributed by atoms with Gasteiger partial charge in [-0.05, 0) is 49.9 Å². The summed E-state index contributed by atoms with van der Waals surface area (Å²) >= 11 is 0. The van der Waals surface area contributed by atoms with Gasteiger partial charge in [-0.1, -0.05) is 6.07 Å². The maximum Gasteiger partial charge on any atom is 0.243 e. The molecule has 2 N–H and O–H groups in total. The van der Waals surface area contributed by atoms with Crippen molar-refractivity contribution in [2.75, 3.05) is 46.9 Å². The Morgan fingerprint density at radius 3 is 2.59 bits per heavy atom. The zero-order valence-corrected chi connectivity index (χ0v) is 19.0. The maximum absolute atomic E-state index is 13.2. The molecule has 0 aromatic heterocycles. The van der Waals surface area contributed by atoms with Gasteiger partial charge in [-0.2, -0.15) is 0 Å². The summed E-state index contributed by atoms with van der Waals surface area (Å²) in [5.74, 6) is 0.311. The maximum atomic E-state index is 13.2. The molecule has 1 amide bonds. The van der Waals surface area contributed by atoms with Crippen molar-refractivity contribution in [3.05, 3.63) is 35.1 Å². The van der Waals surface area contributed by atoms with Crippen molar-refractivity contribution >= 4 is 35.8 Å². The Hall–Kier alpha value is -1.42. The fraction of sp³-hybridized carbons (Fsp3) is 0.579. The molecule has 0 atom stereocenters. The lowest BCUT2D eigenvalue weighted by Crippen LogP contribution is -2.40. The van der Waals surface area contributed by atoms with Crippen molar-refractivity contribution in [2.45, 2.75) is 26.7 Å². The average Bonchev–Trinajstić information content (AvgIpc) is 2.60. The molecule has 6 nitrogen and oxygen atoms in total. The number of carbonyl (C=O) groups is 1. The molecule has 0 saturated heterocycles. The van der Waals surface area contributed by atoms with Crippen molar-refractivity contribution in [1.82, 2.24) is 15.5 Å². The zero-order valence-electron chi connectivity index (χ0n) is 16.7. The summed E-state index contributed by atoms with van der Waals surface area (Å²) in [5, 5.41) is 6.44. The summed E-state index contributed by atoms with van der Waals surface area (Å²) in [7, 11) is 3.41. The zero-order chi connectivity index (χ0) is 19.4. The van der Waals surface area contributed by atoms with Crippen LogP contribution < -0.4 is 10.6 Å². The van der Waals surface area contributed by atoms with Crippen LogP contribution in [0.25, 0.3) is 0 Å². The Bertz CT molecular complexity index is 597. The van der Waals surface area contributed by atoms with Gasteiger partial charge in [0, 0.05) is 40.4 Å². The largest absolute Gasteiger partial charge is 0.382 e. The van der Waals surface area contributed by atoms with E-state index in [1.165, 1.54) is 17.0 Å². The van der Waals surface area contributed by atoms with Crippen LogP contribution in [0, 0.1) is 12.7 Å². The van der Waals surface area contributed by atoms with Gasteiger partial charge in [0.15, 0.2) is 5.96 Å². The Morgan fingerprint density at radius 2 is 1.96 bits per heavy atom. The SMILES string of the molecule is CCOCCCNC(=NCC(=O)N(C)C)NCCc1ccc(F)cc1C.I. The summed E-state index contributed by atoms with van der Waals surface area (Å²) in [5.41, 5.74) is 2.01. The predicted molar refractivity (Wildman–Crippen MR) is 118 cm³/mol. The van der Waals surface area contributed by atoms with Crippen LogP contribution >= 0.6 is 24.0 Å². The van der Waals surface area contributed by atoms with Crippen molar-refractivity contribution in [2.24, 2.45) is 4.99 Å². The minimum Gasteiger partial charge on any atom is -0.382 e. The number of ether oxygens (including phenoxy) is 1. The Kier molecular flexibility index (Phi) is 13.8. The van der Waals surface area contributed by atoms with Gasteiger partial charge >= 0.3 is 0 Å². The number of halogens is 2. The van der Waals surface area contributed by atoms with Gasteiger partial charge in [0.1, 0.15) is 12.4 Å². The van der Waals surface area contributed by atoms with E-state index in [0.717, 1.165) is 24.0 Å². The highest BCUT2D eigenvalue weighted by molar-refractivity contribution is 14.0. The molecule has 27 heavy (non-hydrogen) atoms. The number of hydrogen-bond donors (Lipinski definition) is 2. The molecule has 0 spiro atoms. The number of nitrogens with zero attached hydrogens (tertiary/aromatic N) is 2. The highest BCUT2D eigenvalue weighted by atomic mass is 127. The minimum atomic E-state index is -0.223. The summed E-state index contributed by atoms with van der Waals surface area (Å²) < 4.78 is 18.5. The van der Waals surface area contributed by atoms with E-state index in [9.17, 15) is 9.18 Å². The van der Waals surface area contributed by atoms with Crippen LogP contribution in [0.4, 0.5) is 4.39 Å². The van der Waals surface area contributed by atoms with E-state index in [1.807, 2.05) is 13.8 Å². The number of nitrogens with one attached hydrogen (secondary N) is 2. The predicted octanol–water partition coefficient (Wildman–Crippen LogP) is 2.34. The first-order valence-electron chi connectivity index (χ1n) is 8.99. The number of aryl methyl sites for hydroxylation is 1. The van der Waals surface area contributed by atoms with Crippen LogP contribution in [0.5, 0.6) is 0 Å². The quantitative estimate of drug-likeness (QED) is 0.227. The van der Waals surface area contributed by atoms with Gasteiger partial charge in [0.2, 0.25) is 5.91 Å². The number of carbonyl (C=O) groups excluding carboxylic acids is 1. The highest BCUT2D eigenvalue weighted by Crippen LogP contribution is 2.10. The summed E-state index contributed by atoms with van der Waals surface area (Å²) in [6.45, 7) is 6.68. The molecule has 0 aliphatic heterocycles. The number of amides is 1. The standard InChI is InChI=1S/C19H31FN4O2.HI/c1-5-26-12-6-10-21-19(23-14-18(25)24(3)4)22-11-9-16-7-8-17(20)13-15(16)2;/h7-8,13H,5-6,9-12,14H2,1-4H3,(H2,21,22,23);1H. The third-order valence-corrected chi connectivity index (χ3v) is 3.82. The molecule has 0 radical (unpaired) electrons. The first kappa shape index (κ1) is 25.6. The minimum absolute atomic E-state index is 0. The molecule has 0 aliphatic rings. The lowest BCUT2D eigenvalue weighted by Gasteiger charge is -2.14. The van der Waals surface area contributed by atoms with Gasteiger partial charge in [-0.15, -0.1) is 24.0 Å². The third kappa shape index (κ3) is 11.1. The number of rotatable bonds is 10. The summed E-state index contributed by atoms with van der Waals surface area (Å²) in [6, 6.07) is 4.80. The Labute approximate surface area is 179 Å². The van der Waals surface area contributed by atoms with Crippen molar-refractivity contribution in [3.8, 4) is 0 Å². The Balaban J connectivity index is 0.00000676. The number of guanidine groups is 1. The molecule has 0 saturated carbocycles. The number of aliphatic imine (C=N–C) groups is 1. The molecular formula is C19H32FIN4O2. The third-order valence-electron chi connectivity index (χ3n) is 3.82. The van der Waals surface area contributed by atoms with Gasteiger partial charge in [-0.25, -0.2) is 9.38 Å². The normalized spacial score (nSPS) is 10.9. The molecule has 1 aromatic rings. The lowest BCUT2D eigenvalue weighted by atomic mass is 10.1. The molecule has 1 rings (SSSR count). The van der Waals surface area contributed by atoms with E-state index in [2.05, 4.69) is 15.6 Å². The van der Waals surface area contributed by atoms with E-state index in [-0.39, 0.29) is 42.2 Å². The van der Waals surface area contributed by atoms with Crippen LogP contribution in [0.15, 0.2) is 23.2 Å². The molecule has 154 valence electrons. The van der Waals surface area contributed by atoms with Crippen LogP contribution in [0.1, 0.15) is 24.5 Å². The molecule has 0 aliphatic carbocycles. The monoisotopic (exact) mass is 494 g/mol. The van der Waals surface area contributed by atoms with E-state index in [4.69, 9.17) is 4.74 Å². The fourth-order valence-corrected chi connectivity index (χ4v) is 2.24. The second kappa shape index (κ2) is 14.6. The first-order valence-corrected chi connectivity index (χ1v) is 8.99. The van der Waals surface area contributed by atoms with E-state index >= 15 is 0 Å². The molecule has 1 aromatic carbocycles. The van der Waals surface area contributed by atoms with Crippen LogP contribution in [0.3, 0.4) is 0 Å². The van der Waals surface area contributed by atoms with E-state index in [0.29, 0.717) is 32.3 Å². The van der Waals surface area contributed by atoms with Gasteiger partial charge in [-0.3, -0.25) is 4.79 Å². The average molecular weight is 494 g/mol. The topological polar surface area (TPSA) is 66.0 Å². The Morgan fingerprint density at radius 1 is 1.26 bits per heavy atom. The van der Waals surface area contributed by atoms with Crippen molar-refractivity contribution in [1.29, 1.82) is 0 Å². The smallest absolute Gasteiger partial charge is 0.243 e. The number of benzene rings is 1. The van der Waals surface area contributed by atoms with Crippen molar-refractivity contribution in [3.63, 3.8) is 0 Å².